The van der Waals surface area contributed by atoms with E-state index in [1.807, 2.05) is 30.1 Å². The summed E-state index contributed by atoms with van der Waals surface area (Å²) in [6, 6.07) is 11.2. The second-order valence-electron chi connectivity index (χ2n) is 4.42. The minimum atomic E-state index is 0.439. The average Bonchev–Trinajstić information content (AvgIpc) is 2.54. The summed E-state index contributed by atoms with van der Waals surface area (Å²) in [7, 11) is 4.96. The number of benzene rings is 1. The Hall–Kier alpha value is -2.81. The van der Waals surface area contributed by atoms with Gasteiger partial charge in [0.25, 0.3) is 0 Å². The van der Waals surface area contributed by atoms with Crippen LogP contribution in [0.2, 0.25) is 0 Å². The van der Waals surface area contributed by atoms with E-state index in [1.54, 1.807) is 26.4 Å². The molecule has 0 unspecified atom stereocenters. The minimum absolute atomic E-state index is 0.439. The van der Waals surface area contributed by atoms with Gasteiger partial charge in [-0.25, -0.2) is 0 Å². The van der Waals surface area contributed by atoms with E-state index in [9.17, 15) is 0 Å². The van der Waals surface area contributed by atoms with Gasteiger partial charge >= 0.3 is 0 Å². The monoisotopic (exact) mass is 284 g/mol. The van der Waals surface area contributed by atoms with Crippen molar-refractivity contribution in [2.75, 3.05) is 26.2 Å². The zero-order valence-electron chi connectivity index (χ0n) is 12.2. The zero-order valence-corrected chi connectivity index (χ0v) is 12.2. The average molecular weight is 284 g/mol. The van der Waals surface area contributed by atoms with Crippen LogP contribution in [0.5, 0.6) is 11.8 Å². The first-order valence-electron chi connectivity index (χ1n) is 6.33. The number of ether oxygens (including phenoxy) is 2. The fourth-order valence-electron chi connectivity index (χ4n) is 1.86. The van der Waals surface area contributed by atoms with Crippen LogP contribution in [0, 0.1) is 11.3 Å². The molecule has 1 heterocycles. The van der Waals surface area contributed by atoms with Crippen LogP contribution in [0.3, 0.4) is 0 Å². The fourth-order valence-corrected chi connectivity index (χ4v) is 1.86. The van der Waals surface area contributed by atoms with Gasteiger partial charge < -0.3 is 14.4 Å². The van der Waals surface area contributed by atoms with Gasteiger partial charge in [0.1, 0.15) is 0 Å². The Morgan fingerprint density at radius 1 is 1.14 bits per heavy atom. The van der Waals surface area contributed by atoms with Gasteiger partial charge in [-0.3, -0.25) is 0 Å². The lowest BCUT2D eigenvalue weighted by Crippen LogP contribution is -2.19. The molecule has 0 N–H and O–H groups in total. The number of hydrogen-bond donors (Lipinski definition) is 0. The number of aromatic nitrogens is 2. The van der Waals surface area contributed by atoms with Gasteiger partial charge in [-0.1, -0.05) is 12.1 Å². The van der Waals surface area contributed by atoms with Crippen molar-refractivity contribution < 1.29 is 9.47 Å². The van der Waals surface area contributed by atoms with Crippen molar-refractivity contribution in [1.82, 2.24) is 9.97 Å². The lowest BCUT2D eigenvalue weighted by molar-refractivity contribution is 0.372. The molecule has 2 rings (SSSR count). The van der Waals surface area contributed by atoms with Crippen molar-refractivity contribution >= 4 is 5.95 Å². The summed E-state index contributed by atoms with van der Waals surface area (Å²) in [4.78, 5) is 10.4. The Morgan fingerprint density at radius 3 is 2.38 bits per heavy atom. The Bertz CT molecular complexity index is 645. The van der Waals surface area contributed by atoms with Gasteiger partial charge in [-0.05, 0) is 17.7 Å². The molecule has 0 saturated carbocycles. The van der Waals surface area contributed by atoms with Crippen LogP contribution in [-0.2, 0) is 6.54 Å². The van der Waals surface area contributed by atoms with Gasteiger partial charge in [-0.15, -0.1) is 0 Å². The maximum Gasteiger partial charge on any atom is 0.232 e. The number of methoxy groups -OCH3 is 2. The number of rotatable bonds is 5. The molecular weight excluding hydrogens is 268 g/mol. The summed E-state index contributed by atoms with van der Waals surface area (Å²) in [5, 5.41) is 8.93. The van der Waals surface area contributed by atoms with E-state index in [1.165, 1.54) is 0 Å². The predicted molar refractivity (Wildman–Crippen MR) is 78.4 cm³/mol. The molecule has 0 fully saturated rings. The van der Waals surface area contributed by atoms with Gasteiger partial charge in [0.05, 0.1) is 31.9 Å². The highest BCUT2D eigenvalue weighted by Gasteiger charge is 2.10. The van der Waals surface area contributed by atoms with Gasteiger partial charge in [0.2, 0.25) is 17.7 Å². The molecule has 2 aromatic rings. The van der Waals surface area contributed by atoms with E-state index in [0.717, 1.165) is 5.56 Å². The summed E-state index contributed by atoms with van der Waals surface area (Å²) < 4.78 is 10.3. The molecule has 0 aliphatic rings. The summed E-state index contributed by atoms with van der Waals surface area (Å²) in [5.74, 6) is 1.37. The predicted octanol–water partition coefficient (Wildman–Crippen LogP) is 2.00. The molecule has 0 atom stereocenters. The second-order valence-corrected chi connectivity index (χ2v) is 4.42. The standard InChI is InChI=1S/C15H16N4O2/c1-19(10-12-6-4-5-11(7-12)9-16)15-17-13(20-2)8-14(18-15)21-3/h4-8H,10H2,1-3H3. The molecular formula is C15H16N4O2. The topological polar surface area (TPSA) is 71.3 Å². The smallest absolute Gasteiger partial charge is 0.232 e. The van der Waals surface area contributed by atoms with Crippen molar-refractivity contribution in [2.24, 2.45) is 0 Å². The van der Waals surface area contributed by atoms with E-state index < -0.39 is 0 Å². The first kappa shape index (κ1) is 14.6. The molecule has 1 aromatic heterocycles. The molecule has 108 valence electrons. The highest BCUT2D eigenvalue weighted by atomic mass is 16.5. The third-order valence-electron chi connectivity index (χ3n) is 2.90. The van der Waals surface area contributed by atoms with Crippen LogP contribution in [-0.4, -0.2) is 31.2 Å². The van der Waals surface area contributed by atoms with Crippen molar-refractivity contribution in [2.45, 2.75) is 6.54 Å². The summed E-state index contributed by atoms with van der Waals surface area (Å²) in [5.41, 5.74) is 1.63. The second kappa shape index (κ2) is 6.57. The van der Waals surface area contributed by atoms with Crippen molar-refractivity contribution in [1.29, 1.82) is 5.26 Å². The van der Waals surface area contributed by atoms with Gasteiger partial charge in [0.15, 0.2) is 0 Å². The molecule has 1 aromatic carbocycles. The number of nitrogens with zero attached hydrogens (tertiary/aromatic N) is 4. The van der Waals surface area contributed by atoms with Crippen LogP contribution in [0.1, 0.15) is 11.1 Å². The van der Waals surface area contributed by atoms with E-state index in [-0.39, 0.29) is 0 Å². The molecule has 0 aliphatic carbocycles. The van der Waals surface area contributed by atoms with Crippen LogP contribution in [0.4, 0.5) is 5.95 Å². The van der Waals surface area contributed by atoms with E-state index in [4.69, 9.17) is 14.7 Å². The van der Waals surface area contributed by atoms with E-state index >= 15 is 0 Å². The SMILES string of the molecule is COc1cc(OC)nc(N(C)Cc2cccc(C#N)c2)n1. The number of hydrogen-bond acceptors (Lipinski definition) is 6. The molecule has 0 spiro atoms. The Kier molecular flexibility index (Phi) is 4.57. The van der Waals surface area contributed by atoms with Gasteiger partial charge in [0, 0.05) is 13.6 Å². The molecule has 6 heteroatoms. The molecule has 0 aliphatic heterocycles. The first-order chi connectivity index (χ1) is 10.2. The molecule has 0 radical (unpaired) electrons. The van der Waals surface area contributed by atoms with Crippen LogP contribution in [0.15, 0.2) is 30.3 Å². The maximum atomic E-state index is 8.93. The lowest BCUT2D eigenvalue weighted by Gasteiger charge is -2.18. The quantitative estimate of drug-likeness (QED) is 0.836. The summed E-state index contributed by atoms with van der Waals surface area (Å²) in [6.07, 6.45) is 0. The van der Waals surface area contributed by atoms with Crippen molar-refractivity contribution in [3.63, 3.8) is 0 Å². The van der Waals surface area contributed by atoms with Crippen LogP contribution >= 0.6 is 0 Å². The Morgan fingerprint density at radius 2 is 1.81 bits per heavy atom. The van der Waals surface area contributed by atoms with Gasteiger partial charge in [-0.2, -0.15) is 15.2 Å². The third kappa shape index (κ3) is 3.60. The normalized spacial score (nSPS) is 9.81. The summed E-state index contributed by atoms with van der Waals surface area (Å²) in [6.45, 7) is 0.575. The van der Waals surface area contributed by atoms with E-state index in [2.05, 4.69) is 16.0 Å². The third-order valence-corrected chi connectivity index (χ3v) is 2.90. The van der Waals surface area contributed by atoms with Crippen molar-refractivity contribution in [3.8, 4) is 17.8 Å². The number of nitriles is 1. The Labute approximate surface area is 123 Å². The maximum absolute atomic E-state index is 8.93. The molecule has 0 bridgehead atoms. The Balaban J connectivity index is 2.23. The first-order valence-corrected chi connectivity index (χ1v) is 6.33. The molecule has 21 heavy (non-hydrogen) atoms. The lowest BCUT2D eigenvalue weighted by atomic mass is 10.1. The zero-order chi connectivity index (χ0) is 15.2. The summed E-state index contributed by atoms with van der Waals surface area (Å²) >= 11 is 0. The fraction of sp³-hybridized carbons (Fsp3) is 0.267. The molecule has 0 saturated heterocycles. The largest absolute Gasteiger partial charge is 0.481 e. The highest BCUT2D eigenvalue weighted by molar-refractivity contribution is 5.39. The highest BCUT2D eigenvalue weighted by Crippen LogP contribution is 2.20. The van der Waals surface area contributed by atoms with E-state index in [0.29, 0.717) is 29.8 Å². The minimum Gasteiger partial charge on any atom is -0.481 e. The van der Waals surface area contributed by atoms with Crippen LogP contribution in [0.25, 0.3) is 0 Å². The number of anilines is 1. The van der Waals surface area contributed by atoms with Crippen molar-refractivity contribution in [3.05, 3.63) is 41.5 Å². The van der Waals surface area contributed by atoms with Crippen LogP contribution < -0.4 is 14.4 Å². The molecule has 6 nitrogen and oxygen atoms in total. The molecule has 0 amide bonds.